The Labute approximate surface area is 68.8 Å². The van der Waals surface area contributed by atoms with E-state index in [1.807, 2.05) is 0 Å². The normalized spacial score (nSPS) is 53.5. The van der Waals surface area contributed by atoms with Gasteiger partial charge < -0.3 is 5.11 Å². The molecular weight excluding hydrogens is 136 g/mol. The lowest BCUT2D eigenvalue weighted by Crippen LogP contribution is -2.32. The van der Waals surface area contributed by atoms with Crippen molar-refractivity contribution in [2.24, 2.45) is 16.7 Å². The quantitative estimate of drug-likeness (QED) is 0.567. The summed E-state index contributed by atoms with van der Waals surface area (Å²) in [6, 6.07) is 0. The maximum atomic E-state index is 9.72. The highest BCUT2D eigenvalue weighted by Crippen LogP contribution is 2.62. The van der Waals surface area contributed by atoms with Gasteiger partial charge in [-0.2, -0.15) is 0 Å². The lowest BCUT2D eigenvalue weighted by Gasteiger charge is -2.36. The zero-order chi connectivity index (χ0) is 8.28. The third-order valence-corrected chi connectivity index (χ3v) is 3.77. The van der Waals surface area contributed by atoms with Gasteiger partial charge in [-0.1, -0.05) is 20.8 Å². The first kappa shape index (κ1) is 7.60. The van der Waals surface area contributed by atoms with Gasteiger partial charge in [-0.3, -0.25) is 0 Å². The van der Waals surface area contributed by atoms with E-state index in [4.69, 9.17) is 0 Å². The summed E-state index contributed by atoms with van der Waals surface area (Å²) < 4.78 is 0. The Morgan fingerprint density at radius 1 is 1.18 bits per heavy atom. The van der Waals surface area contributed by atoms with Crippen molar-refractivity contribution in [1.82, 2.24) is 0 Å². The van der Waals surface area contributed by atoms with Crippen LogP contribution in [0.3, 0.4) is 0 Å². The third kappa shape index (κ3) is 0.936. The summed E-state index contributed by atoms with van der Waals surface area (Å²) in [7, 11) is 0. The predicted octanol–water partition coefficient (Wildman–Crippen LogP) is 2.19. The van der Waals surface area contributed by atoms with E-state index >= 15 is 0 Å². The van der Waals surface area contributed by atoms with Crippen LogP contribution in [0, 0.1) is 16.7 Å². The molecule has 2 bridgehead atoms. The molecule has 1 N–H and O–H groups in total. The van der Waals surface area contributed by atoms with Crippen LogP contribution in [-0.4, -0.2) is 11.2 Å². The smallest absolute Gasteiger partial charge is 0.0578 e. The molecule has 0 aromatic rings. The standard InChI is InChI=1S/C10H18O/c1-9(2)6-10(3)4-7(9)8(11)5-10/h7-8,11H,4-6H2,1-3H3. The van der Waals surface area contributed by atoms with Crippen molar-refractivity contribution in [3.8, 4) is 0 Å². The highest BCUT2D eigenvalue weighted by Gasteiger charge is 2.56. The van der Waals surface area contributed by atoms with Gasteiger partial charge in [0.15, 0.2) is 0 Å². The second-order valence-electron chi connectivity index (χ2n) is 5.56. The lowest BCUT2D eigenvalue weighted by molar-refractivity contribution is 0.0287. The molecule has 0 heterocycles. The van der Waals surface area contributed by atoms with Crippen molar-refractivity contribution in [2.75, 3.05) is 0 Å². The summed E-state index contributed by atoms with van der Waals surface area (Å²) in [4.78, 5) is 0. The molecule has 0 spiro atoms. The monoisotopic (exact) mass is 154 g/mol. The fourth-order valence-electron chi connectivity index (χ4n) is 3.57. The minimum Gasteiger partial charge on any atom is -0.393 e. The van der Waals surface area contributed by atoms with Gasteiger partial charge in [0.1, 0.15) is 0 Å². The molecule has 0 amide bonds. The predicted molar refractivity (Wildman–Crippen MR) is 45.2 cm³/mol. The molecule has 2 saturated carbocycles. The van der Waals surface area contributed by atoms with Gasteiger partial charge in [-0.25, -0.2) is 0 Å². The molecule has 2 fully saturated rings. The topological polar surface area (TPSA) is 20.2 Å². The Morgan fingerprint density at radius 2 is 1.82 bits per heavy atom. The average molecular weight is 154 g/mol. The minimum atomic E-state index is -0.0104. The summed E-state index contributed by atoms with van der Waals surface area (Å²) in [5.74, 6) is 0.576. The Hall–Kier alpha value is -0.0400. The van der Waals surface area contributed by atoms with Crippen molar-refractivity contribution in [3.05, 3.63) is 0 Å². The SMILES string of the molecule is CC12CC(O)C(C1)C(C)(C)C2. The molecule has 1 heteroatoms. The van der Waals surface area contributed by atoms with E-state index < -0.39 is 0 Å². The maximum absolute atomic E-state index is 9.72. The van der Waals surface area contributed by atoms with Crippen molar-refractivity contribution < 1.29 is 5.11 Å². The first-order chi connectivity index (χ1) is 4.93. The Morgan fingerprint density at radius 3 is 2.09 bits per heavy atom. The molecule has 0 aromatic heterocycles. The van der Waals surface area contributed by atoms with Gasteiger partial charge >= 0.3 is 0 Å². The molecule has 0 aromatic carbocycles. The van der Waals surface area contributed by atoms with Crippen LogP contribution in [0.4, 0.5) is 0 Å². The van der Waals surface area contributed by atoms with E-state index in [0.717, 1.165) is 6.42 Å². The van der Waals surface area contributed by atoms with Gasteiger partial charge in [0.25, 0.3) is 0 Å². The summed E-state index contributed by atoms with van der Waals surface area (Å²) in [6.45, 7) is 6.92. The van der Waals surface area contributed by atoms with Crippen LogP contribution < -0.4 is 0 Å². The molecule has 64 valence electrons. The summed E-state index contributed by atoms with van der Waals surface area (Å²) in [6.07, 6.45) is 3.59. The fraction of sp³-hybridized carbons (Fsp3) is 1.00. The summed E-state index contributed by atoms with van der Waals surface area (Å²) in [5, 5.41) is 9.72. The highest BCUT2D eigenvalue weighted by atomic mass is 16.3. The van der Waals surface area contributed by atoms with Crippen LogP contribution in [0.25, 0.3) is 0 Å². The molecule has 2 aliphatic rings. The van der Waals surface area contributed by atoms with E-state index in [2.05, 4.69) is 20.8 Å². The van der Waals surface area contributed by atoms with E-state index in [1.54, 1.807) is 0 Å². The molecule has 11 heavy (non-hydrogen) atoms. The maximum Gasteiger partial charge on any atom is 0.0578 e. The van der Waals surface area contributed by atoms with Crippen LogP contribution in [0.1, 0.15) is 40.0 Å². The van der Waals surface area contributed by atoms with Crippen LogP contribution >= 0.6 is 0 Å². The van der Waals surface area contributed by atoms with Crippen molar-refractivity contribution in [3.63, 3.8) is 0 Å². The second kappa shape index (κ2) is 1.82. The van der Waals surface area contributed by atoms with E-state index in [-0.39, 0.29) is 6.10 Å². The lowest BCUT2D eigenvalue weighted by atomic mass is 9.72. The van der Waals surface area contributed by atoms with Crippen LogP contribution in [-0.2, 0) is 0 Å². The molecule has 3 atom stereocenters. The fourth-order valence-corrected chi connectivity index (χ4v) is 3.57. The average Bonchev–Trinajstić information content (AvgIpc) is 2.13. The van der Waals surface area contributed by atoms with Crippen LogP contribution in [0.15, 0.2) is 0 Å². The molecule has 2 rings (SSSR count). The number of hydrogen-bond acceptors (Lipinski definition) is 1. The van der Waals surface area contributed by atoms with Gasteiger partial charge in [0, 0.05) is 0 Å². The van der Waals surface area contributed by atoms with Gasteiger partial charge in [0.05, 0.1) is 6.10 Å². The number of fused-ring (bicyclic) bond motifs is 2. The molecule has 0 saturated heterocycles. The van der Waals surface area contributed by atoms with Crippen molar-refractivity contribution in [1.29, 1.82) is 0 Å². The molecule has 1 nitrogen and oxygen atoms in total. The molecule has 3 unspecified atom stereocenters. The first-order valence-electron chi connectivity index (χ1n) is 4.61. The third-order valence-electron chi connectivity index (χ3n) is 3.77. The Kier molecular flexibility index (Phi) is 1.26. The van der Waals surface area contributed by atoms with Crippen molar-refractivity contribution in [2.45, 2.75) is 46.1 Å². The molecule has 0 aliphatic heterocycles. The van der Waals surface area contributed by atoms with Gasteiger partial charge in [-0.05, 0) is 36.0 Å². The molecule has 0 radical (unpaired) electrons. The molecular formula is C10H18O. The first-order valence-corrected chi connectivity index (χ1v) is 4.61. The molecule has 2 aliphatic carbocycles. The Bertz CT molecular complexity index is 183. The summed E-state index contributed by atoms with van der Waals surface area (Å²) in [5.41, 5.74) is 0.861. The minimum absolute atomic E-state index is 0.0104. The number of rotatable bonds is 0. The highest BCUT2D eigenvalue weighted by molar-refractivity contribution is 5.06. The van der Waals surface area contributed by atoms with Gasteiger partial charge in [-0.15, -0.1) is 0 Å². The Balaban J connectivity index is 2.28. The zero-order valence-electron chi connectivity index (χ0n) is 7.72. The van der Waals surface area contributed by atoms with E-state index in [0.29, 0.717) is 16.7 Å². The zero-order valence-corrected chi connectivity index (χ0v) is 7.72. The largest absolute Gasteiger partial charge is 0.393 e. The number of aliphatic hydroxyl groups is 1. The van der Waals surface area contributed by atoms with Crippen molar-refractivity contribution >= 4 is 0 Å². The van der Waals surface area contributed by atoms with E-state index in [9.17, 15) is 5.11 Å². The summed E-state index contributed by atoms with van der Waals surface area (Å²) >= 11 is 0. The number of hydrogen-bond donors (Lipinski definition) is 1. The second-order valence-corrected chi connectivity index (χ2v) is 5.56. The van der Waals surface area contributed by atoms with Crippen LogP contribution in [0.2, 0.25) is 0 Å². The van der Waals surface area contributed by atoms with Crippen LogP contribution in [0.5, 0.6) is 0 Å². The number of aliphatic hydroxyl groups excluding tert-OH is 1. The van der Waals surface area contributed by atoms with Gasteiger partial charge in [0.2, 0.25) is 0 Å². The van der Waals surface area contributed by atoms with E-state index in [1.165, 1.54) is 12.8 Å².